The number of benzene rings is 2. The molecule has 2 atom stereocenters. The number of carboxylic acids is 1. The van der Waals surface area contributed by atoms with Crippen LogP contribution in [-0.2, 0) is 14.8 Å². The number of halogens is 1. The van der Waals surface area contributed by atoms with E-state index in [2.05, 4.69) is 21.5 Å². The average Bonchev–Trinajstić information content (AvgIpc) is 3.44. The summed E-state index contributed by atoms with van der Waals surface area (Å²) in [5, 5.41) is 10.6. The van der Waals surface area contributed by atoms with Crippen LogP contribution in [0.3, 0.4) is 0 Å². The van der Waals surface area contributed by atoms with E-state index in [1.165, 1.54) is 30.3 Å². The fourth-order valence-corrected chi connectivity index (χ4v) is 5.10. The second-order valence-corrected chi connectivity index (χ2v) is 9.54. The second-order valence-electron chi connectivity index (χ2n) is 7.77. The molecule has 2 unspecified atom stereocenters. The van der Waals surface area contributed by atoms with Gasteiger partial charge in [-0.25, -0.2) is 12.8 Å². The SMILES string of the molecule is CC(c1c[nH]c2ccccc12)C(NS(=O)(=O)C1=CC=C(C#Cc2ccc(F)cc2)C1)C(=O)O. The molecule has 0 aliphatic heterocycles. The monoisotopic (exact) mass is 464 g/mol. The molecule has 0 spiro atoms. The number of carboxylic acid groups (broad SMARTS) is 1. The van der Waals surface area contributed by atoms with Crippen molar-refractivity contribution in [2.24, 2.45) is 0 Å². The zero-order valence-electron chi connectivity index (χ0n) is 17.7. The van der Waals surface area contributed by atoms with Crippen molar-refractivity contribution in [3.8, 4) is 11.8 Å². The Labute approximate surface area is 190 Å². The van der Waals surface area contributed by atoms with E-state index in [-0.39, 0.29) is 17.1 Å². The van der Waals surface area contributed by atoms with Gasteiger partial charge in [0.1, 0.15) is 11.9 Å². The molecule has 8 heteroatoms. The zero-order chi connectivity index (χ0) is 23.6. The number of carbonyl (C=O) groups is 1. The van der Waals surface area contributed by atoms with E-state index in [9.17, 15) is 22.7 Å². The van der Waals surface area contributed by atoms with E-state index in [1.807, 2.05) is 24.3 Å². The molecule has 0 amide bonds. The molecule has 3 aromatic rings. The van der Waals surface area contributed by atoms with Crippen molar-refractivity contribution in [2.75, 3.05) is 0 Å². The average molecular weight is 465 g/mol. The molecule has 1 aliphatic rings. The molecule has 168 valence electrons. The summed E-state index contributed by atoms with van der Waals surface area (Å²) in [5.74, 6) is 3.50. The Hall–Kier alpha value is -3.67. The van der Waals surface area contributed by atoms with Crippen molar-refractivity contribution in [2.45, 2.75) is 25.3 Å². The van der Waals surface area contributed by atoms with E-state index in [4.69, 9.17) is 0 Å². The van der Waals surface area contributed by atoms with Crippen molar-refractivity contribution < 1.29 is 22.7 Å². The van der Waals surface area contributed by atoms with Crippen LogP contribution >= 0.6 is 0 Å². The molecular weight excluding hydrogens is 443 g/mol. The second kappa shape index (κ2) is 9.06. The molecule has 0 radical (unpaired) electrons. The topological polar surface area (TPSA) is 99.3 Å². The molecule has 6 nitrogen and oxygen atoms in total. The van der Waals surface area contributed by atoms with Crippen LogP contribution in [0.15, 0.2) is 77.4 Å². The van der Waals surface area contributed by atoms with Crippen LogP contribution in [0.1, 0.15) is 30.4 Å². The summed E-state index contributed by atoms with van der Waals surface area (Å²) in [4.78, 5) is 15.1. The standard InChI is InChI=1S/C25H21FN2O4S/c1-16(22-15-27-23-5-3-2-4-21(22)23)24(25(29)30)28-33(31,32)20-13-10-18(14-20)7-6-17-8-11-19(26)12-9-17/h2-5,8-13,15-16,24,27-28H,14H2,1H3,(H,29,30). The first kappa shape index (κ1) is 22.5. The highest BCUT2D eigenvalue weighted by Crippen LogP contribution is 2.30. The summed E-state index contributed by atoms with van der Waals surface area (Å²) < 4.78 is 41.3. The lowest BCUT2D eigenvalue weighted by Crippen LogP contribution is -2.44. The minimum Gasteiger partial charge on any atom is -0.480 e. The Morgan fingerprint density at radius 1 is 1.12 bits per heavy atom. The Balaban J connectivity index is 1.49. The zero-order valence-corrected chi connectivity index (χ0v) is 18.5. The predicted octanol–water partition coefficient (Wildman–Crippen LogP) is 4.05. The van der Waals surface area contributed by atoms with Crippen LogP contribution in [-0.4, -0.2) is 30.5 Å². The van der Waals surface area contributed by atoms with Crippen LogP contribution in [0.5, 0.6) is 0 Å². The van der Waals surface area contributed by atoms with Crippen molar-refractivity contribution in [3.05, 3.63) is 94.3 Å². The number of fused-ring (bicyclic) bond motifs is 1. The Bertz CT molecular complexity index is 1440. The summed E-state index contributed by atoms with van der Waals surface area (Å²) >= 11 is 0. The van der Waals surface area contributed by atoms with Crippen LogP contribution in [0.25, 0.3) is 10.9 Å². The number of para-hydroxylation sites is 1. The first-order valence-corrected chi connectivity index (χ1v) is 11.7. The number of hydrogen-bond donors (Lipinski definition) is 3. The fraction of sp³-hybridized carbons (Fsp3) is 0.160. The first-order chi connectivity index (χ1) is 15.7. The van der Waals surface area contributed by atoms with E-state index in [0.717, 1.165) is 10.9 Å². The van der Waals surface area contributed by atoms with Gasteiger partial charge in [-0.15, -0.1) is 0 Å². The number of aliphatic carboxylic acids is 1. The minimum absolute atomic E-state index is 0.0447. The van der Waals surface area contributed by atoms with E-state index < -0.39 is 28.0 Å². The number of rotatable bonds is 6. The summed E-state index contributed by atoms with van der Waals surface area (Å²) in [6.07, 6.45) is 4.77. The molecule has 1 heterocycles. The Morgan fingerprint density at radius 2 is 1.85 bits per heavy atom. The van der Waals surface area contributed by atoms with Crippen molar-refractivity contribution in [1.82, 2.24) is 9.71 Å². The number of sulfonamides is 1. The van der Waals surface area contributed by atoms with Crippen LogP contribution in [0.4, 0.5) is 4.39 Å². The molecule has 0 fully saturated rings. The lowest BCUT2D eigenvalue weighted by molar-refractivity contribution is -0.139. The van der Waals surface area contributed by atoms with Crippen LogP contribution in [0.2, 0.25) is 0 Å². The van der Waals surface area contributed by atoms with Gasteiger partial charge in [-0.1, -0.05) is 37.0 Å². The lowest BCUT2D eigenvalue weighted by atomic mass is 9.93. The van der Waals surface area contributed by atoms with Gasteiger partial charge in [0, 0.05) is 40.6 Å². The van der Waals surface area contributed by atoms with E-state index >= 15 is 0 Å². The highest BCUT2D eigenvalue weighted by atomic mass is 32.2. The first-order valence-electron chi connectivity index (χ1n) is 10.2. The lowest BCUT2D eigenvalue weighted by Gasteiger charge is -2.21. The quantitative estimate of drug-likeness (QED) is 0.479. The number of hydrogen-bond acceptors (Lipinski definition) is 3. The maximum atomic E-state index is 13.0. The highest BCUT2D eigenvalue weighted by molar-refractivity contribution is 7.93. The van der Waals surface area contributed by atoms with E-state index in [1.54, 1.807) is 19.2 Å². The van der Waals surface area contributed by atoms with Crippen molar-refractivity contribution in [1.29, 1.82) is 0 Å². The van der Waals surface area contributed by atoms with Crippen LogP contribution in [0, 0.1) is 17.7 Å². The third kappa shape index (κ3) is 4.90. The van der Waals surface area contributed by atoms with Gasteiger partial charge >= 0.3 is 5.97 Å². The molecule has 2 aromatic carbocycles. The van der Waals surface area contributed by atoms with Gasteiger partial charge in [0.2, 0.25) is 10.0 Å². The normalized spacial score (nSPS) is 15.3. The molecule has 1 aromatic heterocycles. The van der Waals surface area contributed by atoms with Crippen molar-refractivity contribution >= 4 is 26.9 Å². The number of H-pyrrole nitrogens is 1. The fourth-order valence-electron chi connectivity index (χ4n) is 3.71. The Morgan fingerprint density at radius 3 is 2.58 bits per heavy atom. The third-order valence-electron chi connectivity index (χ3n) is 5.55. The maximum Gasteiger partial charge on any atom is 0.322 e. The molecule has 0 saturated heterocycles. The molecule has 1 aliphatic carbocycles. The number of allylic oxidation sites excluding steroid dienone is 4. The molecule has 0 saturated carbocycles. The smallest absolute Gasteiger partial charge is 0.322 e. The van der Waals surface area contributed by atoms with Crippen molar-refractivity contribution in [3.63, 3.8) is 0 Å². The summed E-state index contributed by atoms with van der Waals surface area (Å²) in [5.41, 5.74) is 2.73. The molecule has 33 heavy (non-hydrogen) atoms. The molecular formula is C25H21FN2O4S. The molecule has 4 rings (SSSR count). The van der Waals surface area contributed by atoms with Gasteiger partial charge in [-0.3, -0.25) is 4.79 Å². The number of nitrogens with one attached hydrogen (secondary N) is 2. The summed E-state index contributed by atoms with van der Waals surface area (Å²) in [7, 11) is -4.06. The maximum absolute atomic E-state index is 13.0. The molecule has 3 N–H and O–H groups in total. The molecule has 0 bridgehead atoms. The minimum atomic E-state index is -4.06. The summed E-state index contributed by atoms with van der Waals surface area (Å²) in [6, 6.07) is 11.7. The largest absolute Gasteiger partial charge is 0.480 e. The van der Waals surface area contributed by atoms with Crippen LogP contribution < -0.4 is 4.72 Å². The van der Waals surface area contributed by atoms with Gasteiger partial charge in [-0.2, -0.15) is 4.72 Å². The predicted molar refractivity (Wildman–Crippen MR) is 124 cm³/mol. The van der Waals surface area contributed by atoms with Gasteiger partial charge in [0.25, 0.3) is 0 Å². The van der Waals surface area contributed by atoms with E-state index in [0.29, 0.717) is 16.7 Å². The van der Waals surface area contributed by atoms with Gasteiger partial charge in [0.05, 0.1) is 4.91 Å². The third-order valence-corrected chi connectivity index (χ3v) is 7.09. The number of aromatic amines is 1. The van der Waals surface area contributed by atoms with Gasteiger partial charge < -0.3 is 10.1 Å². The summed E-state index contributed by atoms with van der Waals surface area (Å²) in [6.45, 7) is 1.68. The van der Waals surface area contributed by atoms with Gasteiger partial charge in [0.15, 0.2) is 0 Å². The Kier molecular flexibility index (Phi) is 6.18. The highest BCUT2D eigenvalue weighted by Gasteiger charge is 2.33. The number of aromatic nitrogens is 1. The van der Waals surface area contributed by atoms with Gasteiger partial charge in [-0.05, 0) is 48.0 Å².